The van der Waals surface area contributed by atoms with E-state index in [4.69, 9.17) is 14.2 Å². The Kier molecular flexibility index (Phi) is 7.38. The Labute approximate surface area is 227 Å². The summed E-state index contributed by atoms with van der Waals surface area (Å²) in [6, 6.07) is 28.9. The van der Waals surface area contributed by atoms with Crippen LogP contribution in [0.15, 0.2) is 102 Å². The summed E-state index contributed by atoms with van der Waals surface area (Å²) in [5.74, 6) is 1.53. The first kappa shape index (κ1) is 24.8. The molecule has 1 heterocycles. The highest BCUT2D eigenvalue weighted by Gasteiger charge is 2.39. The molecule has 5 rings (SSSR count). The molecule has 4 aromatic carbocycles. The molecule has 37 heavy (non-hydrogen) atoms. The van der Waals surface area contributed by atoms with E-state index in [0.717, 1.165) is 31.9 Å². The Balaban J connectivity index is 1.25. The van der Waals surface area contributed by atoms with Gasteiger partial charge in [0.2, 0.25) is 6.79 Å². The fourth-order valence-electron chi connectivity index (χ4n) is 3.94. The summed E-state index contributed by atoms with van der Waals surface area (Å²) in [5, 5.41) is 15.6. The van der Waals surface area contributed by atoms with E-state index >= 15 is 0 Å². The van der Waals surface area contributed by atoms with Gasteiger partial charge in [-0.25, -0.2) is 5.43 Å². The number of fused-ring (bicyclic) bond motifs is 1. The number of hydrazone groups is 1. The number of halogens is 1. The van der Waals surface area contributed by atoms with E-state index in [0.29, 0.717) is 17.7 Å². The highest BCUT2D eigenvalue weighted by Crippen LogP contribution is 2.33. The highest BCUT2D eigenvalue weighted by atomic mass is 127. The maximum atomic E-state index is 13.2. The Morgan fingerprint density at radius 3 is 2.30 bits per heavy atom. The van der Waals surface area contributed by atoms with Crippen molar-refractivity contribution in [1.29, 1.82) is 0 Å². The molecule has 8 heteroatoms. The smallest absolute Gasteiger partial charge is 0.281 e. The van der Waals surface area contributed by atoms with Crippen LogP contribution in [-0.4, -0.2) is 24.0 Å². The predicted octanol–water partition coefficient (Wildman–Crippen LogP) is 4.99. The van der Waals surface area contributed by atoms with Crippen molar-refractivity contribution in [2.45, 2.75) is 12.2 Å². The number of hydrogen-bond acceptors (Lipinski definition) is 6. The molecule has 186 valence electrons. The first-order chi connectivity index (χ1) is 18.0. The van der Waals surface area contributed by atoms with Crippen molar-refractivity contribution in [1.82, 2.24) is 5.43 Å². The van der Waals surface area contributed by atoms with E-state index in [9.17, 15) is 9.90 Å². The fourth-order valence-corrected chi connectivity index (χ4v) is 4.64. The number of hydrogen-bond donors (Lipinski definition) is 2. The number of rotatable bonds is 8. The molecule has 0 saturated heterocycles. The van der Waals surface area contributed by atoms with Gasteiger partial charge in [-0.2, -0.15) is 5.10 Å². The lowest BCUT2D eigenvalue weighted by Gasteiger charge is -2.27. The van der Waals surface area contributed by atoms with Crippen LogP contribution in [0.5, 0.6) is 17.2 Å². The van der Waals surface area contributed by atoms with Crippen LogP contribution in [-0.2, 0) is 17.0 Å². The highest BCUT2D eigenvalue weighted by molar-refractivity contribution is 14.1. The van der Waals surface area contributed by atoms with Gasteiger partial charge < -0.3 is 19.3 Å². The number of nitrogens with zero attached hydrogens (tertiary/aromatic N) is 1. The van der Waals surface area contributed by atoms with Crippen LogP contribution in [0.4, 0.5) is 0 Å². The lowest BCUT2D eigenvalue weighted by molar-refractivity contribution is -0.136. The second-order valence-corrected chi connectivity index (χ2v) is 9.47. The van der Waals surface area contributed by atoms with Gasteiger partial charge in [-0.1, -0.05) is 66.7 Å². The number of amides is 1. The molecule has 7 nitrogen and oxygen atoms in total. The van der Waals surface area contributed by atoms with E-state index < -0.39 is 11.5 Å². The third kappa shape index (κ3) is 5.45. The Hall–Kier alpha value is -3.89. The molecule has 1 aliphatic heterocycles. The zero-order valence-electron chi connectivity index (χ0n) is 19.6. The van der Waals surface area contributed by atoms with Crippen LogP contribution in [0.3, 0.4) is 0 Å². The van der Waals surface area contributed by atoms with Gasteiger partial charge in [-0.15, -0.1) is 0 Å². The third-order valence-corrected chi connectivity index (χ3v) is 6.72. The molecule has 0 radical (unpaired) electrons. The standard InChI is InChI=1S/C29H23IN2O5/c30-24-15-20(11-13-25(24)35-18-21-12-14-26-27(16-21)37-19-36-26)17-31-32-28(33)29(34,22-7-3-1-4-8-22)23-9-5-2-6-10-23/h1-17,34H,18-19H2,(H,32,33)/b31-17+. The van der Waals surface area contributed by atoms with Gasteiger partial charge in [-0.3, -0.25) is 4.79 Å². The average Bonchev–Trinajstić information content (AvgIpc) is 3.41. The van der Waals surface area contributed by atoms with Crippen molar-refractivity contribution < 1.29 is 24.1 Å². The lowest BCUT2D eigenvalue weighted by atomic mass is 9.85. The molecule has 1 amide bonds. The van der Waals surface area contributed by atoms with Crippen LogP contribution in [0.2, 0.25) is 0 Å². The van der Waals surface area contributed by atoms with Crippen molar-refractivity contribution in [3.8, 4) is 17.2 Å². The van der Waals surface area contributed by atoms with Crippen LogP contribution in [0, 0.1) is 3.57 Å². The van der Waals surface area contributed by atoms with Crippen molar-refractivity contribution >= 4 is 34.7 Å². The number of ether oxygens (including phenoxy) is 3. The van der Waals surface area contributed by atoms with Crippen molar-refractivity contribution in [3.05, 3.63) is 123 Å². The first-order valence-corrected chi connectivity index (χ1v) is 12.6. The minimum atomic E-state index is -1.89. The van der Waals surface area contributed by atoms with Gasteiger partial charge in [0, 0.05) is 0 Å². The molecule has 0 fully saturated rings. The summed E-state index contributed by atoms with van der Waals surface area (Å²) in [5.41, 5.74) is 3.25. The zero-order valence-corrected chi connectivity index (χ0v) is 21.8. The number of nitrogens with one attached hydrogen (secondary N) is 1. The zero-order chi connectivity index (χ0) is 25.7. The molecule has 1 aliphatic rings. The summed E-state index contributed by atoms with van der Waals surface area (Å²) >= 11 is 2.19. The fraction of sp³-hybridized carbons (Fsp3) is 0.103. The normalized spacial score (nSPS) is 12.5. The molecule has 4 aromatic rings. The molecule has 0 atom stereocenters. The molecular formula is C29H23IN2O5. The van der Waals surface area contributed by atoms with Gasteiger partial charge >= 0.3 is 0 Å². The summed E-state index contributed by atoms with van der Waals surface area (Å²) in [6.45, 7) is 0.618. The second kappa shape index (κ2) is 11.0. The lowest BCUT2D eigenvalue weighted by Crippen LogP contribution is -2.43. The maximum Gasteiger partial charge on any atom is 0.281 e. The molecule has 0 aromatic heterocycles. The molecular weight excluding hydrogens is 583 g/mol. The molecule has 0 aliphatic carbocycles. The van der Waals surface area contributed by atoms with Gasteiger partial charge in [0.15, 0.2) is 17.1 Å². The van der Waals surface area contributed by atoms with Crippen LogP contribution >= 0.6 is 22.6 Å². The van der Waals surface area contributed by atoms with Crippen LogP contribution in [0.1, 0.15) is 22.3 Å². The van der Waals surface area contributed by atoms with Gasteiger partial charge in [0.1, 0.15) is 12.4 Å². The number of benzene rings is 4. The van der Waals surface area contributed by atoms with Crippen molar-refractivity contribution in [3.63, 3.8) is 0 Å². The van der Waals surface area contributed by atoms with E-state index in [1.807, 2.05) is 48.5 Å². The summed E-state index contributed by atoms with van der Waals surface area (Å²) in [7, 11) is 0. The second-order valence-electron chi connectivity index (χ2n) is 8.31. The summed E-state index contributed by atoms with van der Waals surface area (Å²) in [4.78, 5) is 13.2. The Bertz CT molecular complexity index is 1390. The average molecular weight is 606 g/mol. The van der Waals surface area contributed by atoms with Gasteiger partial charge in [-0.05, 0) is 75.2 Å². The maximum absolute atomic E-state index is 13.2. The summed E-state index contributed by atoms with van der Waals surface area (Å²) in [6.07, 6.45) is 1.53. The van der Waals surface area contributed by atoms with E-state index in [2.05, 4.69) is 33.1 Å². The molecule has 2 N–H and O–H groups in total. The topological polar surface area (TPSA) is 89.4 Å². The van der Waals surface area contributed by atoms with Gasteiger partial charge in [0.05, 0.1) is 9.78 Å². The van der Waals surface area contributed by atoms with E-state index in [1.54, 1.807) is 48.5 Å². The Morgan fingerprint density at radius 1 is 0.946 bits per heavy atom. The van der Waals surface area contributed by atoms with Crippen molar-refractivity contribution in [2.24, 2.45) is 5.10 Å². The molecule has 0 spiro atoms. The molecule has 0 unspecified atom stereocenters. The minimum Gasteiger partial charge on any atom is -0.488 e. The first-order valence-electron chi connectivity index (χ1n) is 11.5. The quantitative estimate of drug-likeness (QED) is 0.168. The van der Waals surface area contributed by atoms with Gasteiger partial charge in [0.25, 0.3) is 5.91 Å². The largest absolute Gasteiger partial charge is 0.488 e. The van der Waals surface area contributed by atoms with Crippen LogP contribution in [0.25, 0.3) is 0 Å². The van der Waals surface area contributed by atoms with E-state index in [-0.39, 0.29) is 6.79 Å². The number of carbonyl (C=O) groups is 1. The minimum absolute atomic E-state index is 0.235. The van der Waals surface area contributed by atoms with Crippen LogP contribution < -0.4 is 19.6 Å². The third-order valence-electron chi connectivity index (χ3n) is 5.88. The van der Waals surface area contributed by atoms with Crippen molar-refractivity contribution in [2.75, 3.05) is 6.79 Å². The SMILES string of the molecule is O=C(N/N=C/c1ccc(OCc2ccc3c(c2)OCO3)c(I)c1)C(O)(c1ccccc1)c1ccccc1. The predicted molar refractivity (Wildman–Crippen MR) is 148 cm³/mol. The number of aliphatic hydroxyl groups is 1. The molecule has 0 saturated carbocycles. The monoisotopic (exact) mass is 606 g/mol. The molecule has 0 bridgehead atoms. The summed E-state index contributed by atoms with van der Waals surface area (Å²) < 4.78 is 17.6. The Morgan fingerprint density at radius 2 is 1.62 bits per heavy atom. The van der Waals surface area contributed by atoms with E-state index in [1.165, 1.54) is 6.21 Å². The number of carbonyl (C=O) groups excluding carboxylic acids is 1.